The summed E-state index contributed by atoms with van der Waals surface area (Å²) in [5.74, 6) is 1.11. The Kier molecular flexibility index (Phi) is 4.82. The van der Waals surface area contributed by atoms with Crippen molar-refractivity contribution in [2.75, 3.05) is 7.11 Å². The summed E-state index contributed by atoms with van der Waals surface area (Å²) in [5.41, 5.74) is 1.25. The average Bonchev–Trinajstić information content (AvgIpc) is 2.84. The molecule has 0 amide bonds. The fraction of sp³-hybridized carbons (Fsp3) is 0.115. The van der Waals surface area contributed by atoms with Crippen LogP contribution in [0.3, 0.4) is 0 Å². The first kappa shape index (κ1) is 19.8. The Bertz CT molecular complexity index is 1550. The van der Waals surface area contributed by atoms with Crippen LogP contribution in [0, 0.1) is 0 Å². The molecule has 6 nitrogen and oxygen atoms in total. The van der Waals surface area contributed by atoms with Crippen LogP contribution >= 0.6 is 0 Å². The van der Waals surface area contributed by atoms with Gasteiger partial charge in [-0.1, -0.05) is 42.5 Å². The fourth-order valence-corrected chi connectivity index (χ4v) is 3.95. The van der Waals surface area contributed by atoms with Gasteiger partial charge in [0.1, 0.15) is 17.2 Å². The largest absolute Gasteiger partial charge is 0.497 e. The zero-order valence-electron chi connectivity index (χ0n) is 17.6. The van der Waals surface area contributed by atoms with E-state index in [0.29, 0.717) is 28.1 Å². The molecule has 0 aliphatic rings. The second-order valence-electron chi connectivity index (χ2n) is 7.53. The van der Waals surface area contributed by atoms with Crippen LogP contribution in [-0.2, 0) is 0 Å². The smallest absolute Gasteiger partial charge is 0.269 e. The minimum Gasteiger partial charge on any atom is -0.497 e. The third-order valence-electron chi connectivity index (χ3n) is 5.67. The minimum atomic E-state index is -0.434. The number of benzene rings is 3. The molecule has 0 aliphatic carbocycles. The standard InChI is InChI=1S/C26H20N2O4/c1-16(17-8-4-3-5-9-17)28-24(18-12-14-19(31-2)15-13-18)27-25-22(26(28)30)23(29)20-10-6-7-11-21(20)32-25/h3-16H,1-2H3. The number of methoxy groups -OCH3 is 1. The van der Waals surface area contributed by atoms with E-state index >= 15 is 0 Å². The molecule has 158 valence electrons. The molecule has 0 aliphatic heterocycles. The summed E-state index contributed by atoms with van der Waals surface area (Å²) in [4.78, 5) is 31.7. The number of para-hydroxylation sites is 1. The van der Waals surface area contributed by atoms with E-state index in [1.165, 1.54) is 0 Å². The molecular formula is C26H20N2O4. The summed E-state index contributed by atoms with van der Waals surface area (Å²) >= 11 is 0. The molecule has 0 spiro atoms. The van der Waals surface area contributed by atoms with E-state index in [9.17, 15) is 9.59 Å². The highest BCUT2D eigenvalue weighted by Gasteiger charge is 2.22. The highest BCUT2D eigenvalue weighted by molar-refractivity contribution is 5.88. The highest BCUT2D eigenvalue weighted by atomic mass is 16.5. The molecule has 5 rings (SSSR count). The van der Waals surface area contributed by atoms with E-state index in [-0.39, 0.29) is 22.6 Å². The van der Waals surface area contributed by atoms with Gasteiger partial charge in [-0.05, 0) is 48.9 Å². The SMILES string of the molecule is COc1ccc(-c2nc3oc4ccccc4c(=O)c3c(=O)n2C(C)c2ccccc2)cc1. The van der Waals surface area contributed by atoms with Gasteiger partial charge in [0.15, 0.2) is 5.39 Å². The van der Waals surface area contributed by atoms with E-state index < -0.39 is 5.56 Å². The molecule has 32 heavy (non-hydrogen) atoms. The van der Waals surface area contributed by atoms with Crippen molar-refractivity contribution in [3.05, 3.63) is 105 Å². The number of hydrogen-bond donors (Lipinski definition) is 0. The van der Waals surface area contributed by atoms with Crippen molar-refractivity contribution in [2.24, 2.45) is 0 Å². The Morgan fingerprint density at radius 3 is 2.31 bits per heavy atom. The molecule has 3 aromatic carbocycles. The molecule has 0 bridgehead atoms. The van der Waals surface area contributed by atoms with Crippen LogP contribution in [0.1, 0.15) is 18.5 Å². The summed E-state index contributed by atoms with van der Waals surface area (Å²) < 4.78 is 12.7. The van der Waals surface area contributed by atoms with Crippen molar-refractivity contribution in [1.29, 1.82) is 0 Å². The van der Waals surface area contributed by atoms with Crippen LogP contribution in [0.5, 0.6) is 5.75 Å². The van der Waals surface area contributed by atoms with Crippen molar-refractivity contribution < 1.29 is 9.15 Å². The van der Waals surface area contributed by atoms with Gasteiger partial charge in [-0.2, -0.15) is 4.98 Å². The second kappa shape index (κ2) is 7.81. The van der Waals surface area contributed by atoms with Crippen molar-refractivity contribution in [1.82, 2.24) is 9.55 Å². The summed E-state index contributed by atoms with van der Waals surface area (Å²) in [6.45, 7) is 1.92. The molecule has 0 N–H and O–H groups in total. The zero-order valence-corrected chi connectivity index (χ0v) is 17.6. The number of nitrogens with zero attached hydrogens (tertiary/aromatic N) is 2. The molecule has 1 atom stereocenters. The molecule has 0 fully saturated rings. The van der Waals surface area contributed by atoms with E-state index in [2.05, 4.69) is 4.98 Å². The normalized spacial score (nSPS) is 12.2. The Morgan fingerprint density at radius 2 is 1.59 bits per heavy atom. The maximum absolute atomic E-state index is 13.8. The van der Waals surface area contributed by atoms with Crippen LogP contribution in [0.4, 0.5) is 0 Å². The number of rotatable bonds is 4. The van der Waals surface area contributed by atoms with E-state index in [1.807, 2.05) is 49.4 Å². The topological polar surface area (TPSA) is 74.3 Å². The third-order valence-corrected chi connectivity index (χ3v) is 5.67. The Hall–Kier alpha value is -4.19. The van der Waals surface area contributed by atoms with Crippen LogP contribution in [0.25, 0.3) is 33.5 Å². The first-order chi connectivity index (χ1) is 15.6. The van der Waals surface area contributed by atoms with Crippen molar-refractivity contribution in [3.8, 4) is 17.1 Å². The highest BCUT2D eigenvalue weighted by Crippen LogP contribution is 2.27. The molecule has 1 unspecified atom stereocenters. The lowest BCUT2D eigenvalue weighted by Crippen LogP contribution is -2.30. The number of ether oxygens (including phenoxy) is 1. The monoisotopic (exact) mass is 424 g/mol. The maximum Gasteiger partial charge on any atom is 0.269 e. The summed E-state index contributed by atoms with van der Waals surface area (Å²) in [5, 5.41) is 0.304. The minimum absolute atomic E-state index is 0.0287. The van der Waals surface area contributed by atoms with Gasteiger partial charge in [0, 0.05) is 5.56 Å². The molecule has 5 aromatic rings. The molecule has 2 heterocycles. The average molecular weight is 424 g/mol. The predicted octanol–water partition coefficient (Wildman–Crippen LogP) is 4.79. The van der Waals surface area contributed by atoms with Gasteiger partial charge >= 0.3 is 0 Å². The first-order valence-electron chi connectivity index (χ1n) is 10.3. The molecule has 6 heteroatoms. The molecule has 2 aromatic heterocycles. The van der Waals surface area contributed by atoms with Gasteiger partial charge in [0.2, 0.25) is 11.1 Å². The van der Waals surface area contributed by atoms with E-state index in [4.69, 9.17) is 9.15 Å². The van der Waals surface area contributed by atoms with Crippen LogP contribution < -0.4 is 15.7 Å². The maximum atomic E-state index is 13.8. The quantitative estimate of drug-likeness (QED) is 0.388. The van der Waals surface area contributed by atoms with Crippen molar-refractivity contribution in [2.45, 2.75) is 13.0 Å². The fourth-order valence-electron chi connectivity index (χ4n) is 3.95. The lowest BCUT2D eigenvalue weighted by atomic mass is 10.1. The van der Waals surface area contributed by atoms with Crippen molar-refractivity contribution in [3.63, 3.8) is 0 Å². The Balaban J connectivity index is 1.88. The number of hydrogen-bond acceptors (Lipinski definition) is 5. The lowest BCUT2D eigenvalue weighted by Gasteiger charge is -2.20. The molecular weight excluding hydrogens is 404 g/mol. The first-order valence-corrected chi connectivity index (χ1v) is 10.3. The summed E-state index contributed by atoms with van der Waals surface area (Å²) in [6.07, 6.45) is 0. The Labute approximate surface area is 183 Å². The summed E-state index contributed by atoms with van der Waals surface area (Å²) in [6, 6.07) is 23.4. The number of fused-ring (bicyclic) bond motifs is 2. The van der Waals surface area contributed by atoms with E-state index in [0.717, 1.165) is 5.56 Å². The predicted molar refractivity (Wildman–Crippen MR) is 124 cm³/mol. The van der Waals surface area contributed by atoms with Gasteiger partial charge in [-0.25, -0.2) is 0 Å². The van der Waals surface area contributed by atoms with Crippen molar-refractivity contribution >= 4 is 22.1 Å². The Morgan fingerprint density at radius 1 is 0.906 bits per heavy atom. The zero-order chi connectivity index (χ0) is 22.2. The second-order valence-corrected chi connectivity index (χ2v) is 7.53. The number of aromatic nitrogens is 2. The molecule has 0 saturated carbocycles. The lowest BCUT2D eigenvalue weighted by molar-refractivity contribution is 0.415. The van der Waals surface area contributed by atoms with Crippen LogP contribution in [0.15, 0.2) is 92.9 Å². The van der Waals surface area contributed by atoms with Gasteiger partial charge in [0.05, 0.1) is 18.5 Å². The van der Waals surface area contributed by atoms with E-state index in [1.54, 1.807) is 48.1 Å². The molecule has 0 radical (unpaired) electrons. The van der Waals surface area contributed by atoms with Crippen LogP contribution in [-0.4, -0.2) is 16.7 Å². The molecule has 0 saturated heterocycles. The third kappa shape index (κ3) is 3.17. The van der Waals surface area contributed by atoms with Gasteiger partial charge in [0.25, 0.3) is 5.56 Å². The van der Waals surface area contributed by atoms with Crippen LogP contribution in [0.2, 0.25) is 0 Å². The van der Waals surface area contributed by atoms with Gasteiger partial charge in [-0.15, -0.1) is 0 Å². The summed E-state index contributed by atoms with van der Waals surface area (Å²) in [7, 11) is 1.59. The van der Waals surface area contributed by atoms with Gasteiger partial charge < -0.3 is 9.15 Å². The van der Waals surface area contributed by atoms with Gasteiger partial charge in [-0.3, -0.25) is 14.2 Å².